The van der Waals surface area contributed by atoms with Gasteiger partial charge >= 0.3 is 0 Å². The minimum Gasteiger partial charge on any atom is -0.504 e. The van der Waals surface area contributed by atoms with Gasteiger partial charge in [0.05, 0.1) is 7.11 Å². The predicted octanol–water partition coefficient (Wildman–Crippen LogP) is 4.12. The predicted molar refractivity (Wildman–Crippen MR) is 96.5 cm³/mol. The molecule has 1 unspecified atom stereocenters. The van der Waals surface area contributed by atoms with Crippen molar-refractivity contribution in [2.24, 2.45) is 11.8 Å². The van der Waals surface area contributed by atoms with Crippen LogP contribution in [0.15, 0.2) is 18.2 Å². The fourth-order valence-electron chi connectivity index (χ4n) is 2.76. The van der Waals surface area contributed by atoms with E-state index in [1.165, 1.54) is 26.0 Å². The first-order valence-corrected chi connectivity index (χ1v) is 8.90. The van der Waals surface area contributed by atoms with Crippen LogP contribution in [-0.2, 0) is 11.2 Å². The van der Waals surface area contributed by atoms with Crippen molar-refractivity contribution >= 4 is 5.78 Å². The largest absolute Gasteiger partial charge is 0.504 e. The number of hydrogen-bond donors (Lipinski definition) is 2. The van der Waals surface area contributed by atoms with Crippen molar-refractivity contribution in [3.8, 4) is 11.5 Å². The van der Waals surface area contributed by atoms with Gasteiger partial charge in [0.1, 0.15) is 6.10 Å². The molecule has 4 heteroatoms. The van der Waals surface area contributed by atoms with Gasteiger partial charge in [0, 0.05) is 12.8 Å². The Morgan fingerprint density at radius 2 is 1.88 bits per heavy atom. The van der Waals surface area contributed by atoms with E-state index in [2.05, 4.69) is 20.8 Å². The van der Waals surface area contributed by atoms with E-state index in [0.29, 0.717) is 18.1 Å². The second-order valence-electron chi connectivity index (χ2n) is 7.16. The highest BCUT2D eigenvalue weighted by Crippen LogP contribution is 2.27. The van der Waals surface area contributed by atoms with E-state index in [0.717, 1.165) is 24.3 Å². The van der Waals surface area contributed by atoms with Crippen molar-refractivity contribution in [2.75, 3.05) is 7.11 Å². The van der Waals surface area contributed by atoms with Crippen LogP contribution >= 0.6 is 0 Å². The number of rotatable bonds is 11. The highest BCUT2D eigenvalue weighted by atomic mass is 16.5. The van der Waals surface area contributed by atoms with E-state index in [9.17, 15) is 15.0 Å². The van der Waals surface area contributed by atoms with Crippen molar-refractivity contribution in [1.29, 1.82) is 0 Å². The Kier molecular flexibility index (Phi) is 8.83. The number of carbonyl (C=O) groups is 1. The molecule has 0 aliphatic rings. The molecule has 4 nitrogen and oxygen atoms in total. The summed E-state index contributed by atoms with van der Waals surface area (Å²) in [6.07, 6.45) is 4.05. The molecule has 0 saturated carbocycles. The quantitative estimate of drug-likeness (QED) is 0.638. The van der Waals surface area contributed by atoms with Crippen LogP contribution in [-0.4, -0.2) is 29.2 Å². The Morgan fingerprint density at radius 3 is 2.50 bits per heavy atom. The Morgan fingerprint density at radius 1 is 1.17 bits per heavy atom. The van der Waals surface area contributed by atoms with Gasteiger partial charge < -0.3 is 14.9 Å². The van der Waals surface area contributed by atoms with Gasteiger partial charge in [-0.15, -0.1) is 0 Å². The molecule has 0 heterocycles. The maximum Gasteiger partial charge on any atom is 0.161 e. The van der Waals surface area contributed by atoms with Crippen molar-refractivity contribution in [2.45, 2.75) is 65.4 Å². The Bertz CT molecular complexity index is 510. The molecular weight excluding hydrogens is 304 g/mol. The van der Waals surface area contributed by atoms with Crippen LogP contribution in [0.3, 0.4) is 0 Å². The molecule has 0 aromatic heterocycles. The van der Waals surface area contributed by atoms with Gasteiger partial charge in [-0.2, -0.15) is 0 Å². The number of methoxy groups -OCH3 is 1. The zero-order chi connectivity index (χ0) is 18.1. The fraction of sp³-hybridized carbons (Fsp3) is 0.650. The van der Waals surface area contributed by atoms with Crippen molar-refractivity contribution in [3.63, 3.8) is 0 Å². The third-order valence-electron chi connectivity index (χ3n) is 4.41. The van der Waals surface area contributed by atoms with Crippen LogP contribution in [0.2, 0.25) is 0 Å². The number of carbonyl (C=O) groups excluding carboxylic acids is 1. The van der Waals surface area contributed by atoms with Gasteiger partial charge in [0.25, 0.3) is 0 Å². The summed E-state index contributed by atoms with van der Waals surface area (Å²) in [6, 6.07) is 4.87. The number of aliphatic hydroxyl groups is 1. The molecule has 1 rings (SSSR count). The third-order valence-corrected chi connectivity index (χ3v) is 4.41. The summed E-state index contributed by atoms with van der Waals surface area (Å²) >= 11 is 0. The molecule has 24 heavy (non-hydrogen) atoms. The molecule has 2 N–H and O–H groups in total. The molecule has 1 aromatic carbocycles. The van der Waals surface area contributed by atoms with Gasteiger partial charge in [-0.25, -0.2) is 0 Å². The van der Waals surface area contributed by atoms with Crippen LogP contribution in [0, 0.1) is 11.8 Å². The lowest BCUT2D eigenvalue weighted by Crippen LogP contribution is -2.23. The molecule has 136 valence electrons. The Balaban J connectivity index is 2.39. The molecular formula is C20H32O4. The van der Waals surface area contributed by atoms with E-state index >= 15 is 0 Å². The Labute approximate surface area is 145 Å². The summed E-state index contributed by atoms with van der Waals surface area (Å²) < 4.78 is 5.04. The number of benzene rings is 1. The summed E-state index contributed by atoms with van der Waals surface area (Å²) in [5, 5.41) is 19.7. The SMILES string of the molecule is COc1cc(CC(O)C(=O)CC[C@H](C)CCCC(C)C)ccc1O. The first-order valence-electron chi connectivity index (χ1n) is 8.90. The third kappa shape index (κ3) is 7.35. The highest BCUT2D eigenvalue weighted by molar-refractivity contribution is 5.83. The van der Waals surface area contributed by atoms with Crippen LogP contribution in [0.4, 0.5) is 0 Å². The van der Waals surface area contributed by atoms with E-state index in [1.54, 1.807) is 12.1 Å². The lowest BCUT2D eigenvalue weighted by atomic mass is 9.93. The normalized spacial score (nSPS) is 13.8. The van der Waals surface area contributed by atoms with Crippen molar-refractivity contribution in [1.82, 2.24) is 0 Å². The molecule has 0 aliphatic carbocycles. The van der Waals surface area contributed by atoms with Gasteiger partial charge in [0.2, 0.25) is 0 Å². The molecule has 2 atom stereocenters. The van der Waals surface area contributed by atoms with E-state index < -0.39 is 6.10 Å². The summed E-state index contributed by atoms with van der Waals surface area (Å²) in [5.74, 6) is 1.53. The fourth-order valence-corrected chi connectivity index (χ4v) is 2.76. The number of Topliss-reactive ketones (excluding diaryl/α,β-unsaturated/α-hetero) is 1. The monoisotopic (exact) mass is 336 g/mol. The van der Waals surface area contributed by atoms with Gasteiger partial charge in [-0.05, 0) is 36.0 Å². The second kappa shape index (κ2) is 10.3. The number of hydrogen-bond acceptors (Lipinski definition) is 4. The van der Waals surface area contributed by atoms with E-state index in [1.807, 2.05) is 0 Å². The maximum absolute atomic E-state index is 12.1. The highest BCUT2D eigenvalue weighted by Gasteiger charge is 2.17. The zero-order valence-electron chi connectivity index (χ0n) is 15.4. The van der Waals surface area contributed by atoms with Crippen LogP contribution in [0.25, 0.3) is 0 Å². The average Bonchev–Trinajstić information content (AvgIpc) is 2.53. The number of aliphatic hydroxyl groups excluding tert-OH is 1. The maximum atomic E-state index is 12.1. The molecule has 0 amide bonds. The van der Waals surface area contributed by atoms with Crippen molar-refractivity contribution < 1.29 is 19.7 Å². The van der Waals surface area contributed by atoms with E-state index in [4.69, 9.17) is 4.74 Å². The molecule has 0 spiro atoms. The second-order valence-corrected chi connectivity index (χ2v) is 7.16. The van der Waals surface area contributed by atoms with Crippen LogP contribution in [0.1, 0.15) is 58.4 Å². The minimum absolute atomic E-state index is 0.0530. The van der Waals surface area contributed by atoms with Gasteiger partial charge in [-0.1, -0.05) is 46.1 Å². The molecule has 0 fully saturated rings. The molecule has 0 aliphatic heterocycles. The molecule has 0 radical (unpaired) electrons. The minimum atomic E-state index is -0.998. The summed E-state index contributed by atoms with van der Waals surface area (Å²) in [5.41, 5.74) is 0.774. The smallest absolute Gasteiger partial charge is 0.161 e. The summed E-state index contributed by atoms with van der Waals surface area (Å²) in [7, 11) is 1.47. The topological polar surface area (TPSA) is 66.8 Å². The number of phenols is 1. The lowest BCUT2D eigenvalue weighted by molar-refractivity contribution is -0.127. The zero-order valence-corrected chi connectivity index (χ0v) is 15.4. The number of phenolic OH excluding ortho intramolecular Hbond substituents is 1. The molecule has 0 saturated heterocycles. The average molecular weight is 336 g/mol. The van der Waals surface area contributed by atoms with Crippen LogP contribution < -0.4 is 4.74 Å². The summed E-state index contributed by atoms with van der Waals surface area (Å²) in [4.78, 5) is 12.1. The summed E-state index contributed by atoms with van der Waals surface area (Å²) in [6.45, 7) is 6.62. The number of aromatic hydroxyl groups is 1. The van der Waals surface area contributed by atoms with E-state index in [-0.39, 0.29) is 18.0 Å². The van der Waals surface area contributed by atoms with Crippen LogP contribution in [0.5, 0.6) is 11.5 Å². The Hall–Kier alpha value is -1.55. The van der Waals surface area contributed by atoms with Gasteiger partial charge in [-0.3, -0.25) is 4.79 Å². The molecule has 0 bridgehead atoms. The van der Waals surface area contributed by atoms with Gasteiger partial charge in [0.15, 0.2) is 17.3 Å². The number of ether oxygens (including phenoxy) is 1. The van der Waals surface area contributed by atoms with Crippen molar-refractivity contribution in [3.05, 3.63) is 23.8 Å². The number of ketones is 1. The molecule has 1 aromatic rings. The first-order chi connectivity index (χ1) is 11.3. The first kappa shape index (κ1) is 20.5. The lowest BCUT2D eigenvalue weighted by Gasteiger charge is -2.14. The standard InChI is InChI=1S/C20H32O4/c1-14(2)6-5-7-15(3)8-10-17(21)19(23)12-16-9-11-18(22)20(13-16)24-4/h9,11,13-15,19,22-23H,5-8,10,12H2,1-4H3/t15-,19?/m1/s1.